The molecular weight excluding hydrogens is 318 g/mol. The van der Waals surface area contributed by atoms with Gasteiger partial charge in [0.05, 0.1) is 6.61 Å². The lowest BCUT2D eigenvalue weighted by molar-refractivity contribution is -0.210. The Kier molecular flexibility index (Phi) is 3.97. The van der Waals surface area contributed by atoms with E-state index in [1.54, 1.807) is 6.92 Å². The fourth-order valence-corrected chi connectivity index (χ4v) is 5.21. The van der Waals surface area contributed by atoms with Crippen molar-refractivity contribution < 1.29 is 19.1 Å². The largest absolute Gasteiger partial charge is 0.467 e. The molecule has 1 aromatic rings. The first-order valence-corrected chi connectivity index (χ1v) is 9.40. The number of para-hydroxylation sites is 1. The third kappa shape index (κ3) is 2.21. The molecule has 1 aliphatic carbocycles. The van der Waals surface area contributed by atoms with Gasteiger partial charge in [-0.05, 0) is 38.3 Å². The molecule has 0 spiro atoms. The van der Waals surface area contributed by atoms with Gasteiger partial charge in [-0.15, -0.1) is 0 Å². The van der Waals surface area contributed by atoms with E-state index >= 15 is 0 Å². The number of rotatable bonds is 3. The summed E-state index contributed by atoms with van der Waals surface area (Å²) in [7, 11) is 0. The predicted molar refractivity (Wildman–Crippen MR) is 92.0 cm³/mol. The van der Waals surface area contributed by atoms with Crippen LogP contribution in [0, 0.1) is 11.8 Å². The van der Waals surface area contributed by atoms with Gasteiger partial charge < -0.3 is 14.4 Å². The molecular formula is C20H25NO4. The Labute approximate surface area is 148 Å². The van der Waals surface area contributed by atoms with Crippen LogP contribution in [-0.2, 0) is 14.3 Å². The summed E-state index contributed by atoms with van der Waals surface area (Å²) in [6.07, 6.45) is 3.95. The minimum atomic E-state index is -0.763. The number of hydrogen-bond donors (Lipinski definition) is 0. The minimum absolute atomic E-state index is 0.140. The Bertz CT molecular complexity index is 703. The highest BCUT2D eigenvalue weighted by molar-refractivity contribution is 6.00. The van der Waals surface area contributed by atoms with Crippen LogP contribution < -0.4 is 4.74 Å². The quantitative estimate of drug-likeness (QED) is 0.625. The van der Waals surface area contributed by atoms with Crippen LogP contribution in [0.1, 0.15) is 51.0 Å². The van der Waals surface area contributed by atoms with Gasteiger partial charge in [-0.1, -0.05) is 24.6 Å². The Hall–Kier alpha value is -2.04. The molecule has 4 rings (SSSR count). The zero-order valence-electron chi connectivity index (χ0n) is 14.9. The molecule has 3 aliphatic rings. The summed E-state index contributed by atoms with van der Waals surface area (Å²) >= 11 is 0. The molecule has 25 heavy (non-hydrogen) atoms. The van der Waals surface area contributed by atoms with Crippen LogP contribution in [0.4, 0.5) is 0 Å². The Morgan fingerprint density at radius 2 is 2.12 bits per heavy atom. The number of fused-ring (bicyclic) bond motifs is 2. The lowest BCUT2D eigenvalue weighted by atomic mass is 9.61. The molecule has 1 saturated carbocycles. The van der Waals surface area contributed by atoms with Gasteiger partial charge in [-0.3, -0.25) is 9.59 Å². The van der Waals surface area contributed by atoms with Crippen LogP contribution in [-0.4, -0.2) is 35.7 Å². The van der Waals surface area contributed by atoms with Crippen LogP contribution in [0.5, 0.6) is 5.75 Å². The molecule has 1 saturated heterocycles. The summed E-state index contributed by atoms with van der Waals surface area (Å²) in [5.41, 5.74) is 0.374. The average molecular weight is 343 g/mol. The predicted octanol–water partition coefficient (Wildman–Crippen LogP) is 3.09. The number of esters is 1. The molecule has 0 radical (unpaired) electrons. The van der Waals surface area contributed by atoms with E-state index < -0.39 is 17.6 Å². The van der Waals surface area contributed by atoms with Crippen molar-refractivity contribution >= 4 is 11.9 Å². The van der Waals surface area contributed by atoms with E-state index in [0.29, 0.717) is 6.54 Å². The first-order chi connectivity index (χ1) is 12.1. The standard InChI is InChI=1S/C20H25NO4/c1-3-21-18(22)17(19(23)24-4-2)16-13-9-5-6-11-15(13)25-20(21)12-8-7-10-14(16)20/h5-6,9,11,14,16-17H,3-4,7-8,10,12H2,1-2H3/t14-,16+,17+,20-/m1/s1. The first-order valence-electron chi connectivity index (χ1n) is 9.40. The summed E-state index contributed by atoms with van der Waals surface area (Å²) in [6, 6.07) is 7.86. The van der Waals surface area contributed by atoms with Crippen molar-refractivity contribution in [2.75, 3.05) is 13.2 Å². The maximum Gasteiger partial charge on any atom is 0.319 e. The van der Waals surface area contributed by atoms with Gasteiger partial charge in [-0.2, -0.15) is 0 Å². The van der Waals surface area contributed by atoms with Crippen molar-refractivity contribution in [3.63, 3.8) is 0 Å². The molecule has 1 aromatic carbocycles. The van der Waals surface area contributed by atoms with Gasteiger partial charge >= 0.3 is 5.97 Å². The van der Waals surface area contributed by atoms with Crippen LogP contribution in [0.2, 0.25) is 0 Å². The second-order valence-electron chi connectivity index (χ2n) is 7.17. The zero-order chi connectivity index (χ0) is 17.6. The number of carbonyl (C=O) groups is 2. The number of piperidine rings is 1. The van der Waals surface area contributed by atoms with E-state index in [4.69, 9.17) is 9.47 Å². The Morgan fingerprint density at radius 1 is 1.32 bits per heavy atom. The molecule has 4 atom stereocenters. The second kappa shape index (κ2) is 6.04. The highest BCUT2D eigenvalue weighted by Crippen LogP contribution is 2.58. The molecule has 134 valence electrons. The number of carbonyl (C=O) groups excluding carboxylic acids is 2. The lowest BCUT2D eigenvalue weighted by Crippen LogP contribution is -2.70. The SMILES string of the molecule is CCOC(=O)[C@@H]1C(=O)N(CC)[C@@]23CCCC[C@@H]2[C@@H]1c1ccccc1O3. The van der Waals surface area contributed by atoms with Crippen molar-refractivity contribution in [3.8, 4) is 5.75 Å². The Balaban J connectivity index is 1.90. The van der Waals surface area contributed by atoms with E-state index in [1.807, 2.05) is 36.1 Å². The van der Waals surface area contributed by atoms with Gasteiger partial charge in [0, 0.05) is 24.8 Å². The molecule has 5 nitrogen and oxygen atoms in total. The fourth-order valence-electron chi connectivity index (χ4n) is 5.21. The topological polar surface area (TPSA) is 55.8 Å². The third-order valence-electron chi connectivity index (χ3n) is 6.08. The Morgan fingerprint density at radius 3 is 2.88 bits per heavy atom. The minimum Gasteiger partial charge on any atom is -0.467 e. The normalized spacial score (nSPS) is 33.1. The van der Waals surface area contributed by atoms with Crippen molar-refractivity contribution in [2.24, 2.45) is 11.8 Å². The lowest BCUT2D eigenvalue weighted by Gasteiger charge is -2.60. The van der Waals surface area contributed by atoms with Crippen molar-refractivity contribution in [1.82, 2.24) is 4.90 Å². The fraction of sp³-hybridized carbons (Fsp3) is 0.600. The second-order valence-corrected chi connectivity index (χ2v) is 7.17. The molecule has 1 amide bonds. The van der Waals surface area contributed by atoms with Gasteiger partial charge in [0.1, 0.15) is 11.7 Å². The molecule has 0 unspecified atom stereocenters. The van der Waals surface area contributed by atoms with Crippen molar-refractivity contribution in [2.45, 2.75) is 51.2 Å². The van der Waals surface area contributed by atoms with E-state index in [9.17, 15) is 9.59 Å². The summed E-state index contributed by atoms with van der Waals surface area (Å²) in [5, 5.41) is 0. The van der Waals surface area contributed by atoms with Crippen LogP contribution in [0.25, 0.3) is 0 Å². The van der Waals surface area contributed by atoms with Gasteiger partial charge in [0.25, 0.3) is 0 Å². The van der Waals surface area contributed by atoms with Crippen LogP contribution in [0.15, 0.2) is 24.3 Å². The monoisotopic (exact) mass is 343 g/mol. The number of benzene rings is 1. The molecule has 0 N–H and O–H groups in total. The molecule has 2 aliphatic heterocycles. The van der Waals surface area contributed by atoms with Crippen LogP contribution in [0.3, 0.4) is 0 Å². The van der Waals surface area contributed by atoms with Gasteiger partial charge in [-0.25, -0.2) is 0 Å². The average Bonchev–Trinajstić information content (AvgIpc) is 2.61. The number of amides is 1. The van der Waals surface area contributed by atoms with Gasteiger partial charge in [0.15, 0.2) is 5.72 Å². The van der Waals surface area contributed by atoms with Crippen LogP contribution >= 0.6 is 0 Å². The van der Waals surface area contributed by atoms with E-state index in [0.717, 1.165) is 37.0 Å². The summed E-state index contributed by atoms with van der Waals surface area (Å²) in [4.78, 5) is 27.8. The maximum absolute atomic E-state index is 13.3. The number of nitrogens with zero attached hydrogens (tertiary/aromatic N) is 1. The summed E-state index contributed by atoms with van der Waals surface area (Å²) < 4.78 is 11.8. The molecule has 2 heterocycles. The third-order valence-corrected chi connectivity index (χ3v) is 6.08. The zero-order valence-corrected chi connectivity index (χ0v) is 14.9. The number of likely N-dealkylation sites (tertiary alicyclic amines) is 1. The van der Waals surface area contributed by atoms with E-state index in [2.05, 4.69) is 0 Å². The molecule has 5 heteroatoms. The number of hydrogen-bond acceptors (Lipinski definition) is 4. The number of ether oxygens (including phenoxy) is 2. The van der Waals surface area contributed by atoms with E-state index in [1.165, 1.54) is 0 Å². The highest BCUT2D eigenvalue weighted by Gasteiger charge is 2.64. The van der Waals surface area contributed by atoms with Crippen molar-refractivity contribution in [1.29, 1.82) is 0 Å². The maximum atomic E-state index is 13.3. The first kappa shape index (κ1) is 16.4. The molecule has 2 bridgehead atoms. The molecule has 2 fully saturated rings. The highest BCUT2D eigenvalue weighted by atomic mass is 16.5. The smallest absolute Gasteiger partial charge is 0.319 e. The van der Waals surface area contributed by atoms with Crippen molar-refractivity contribution in [3.05, 3.63) is 29.8 Å². The van der Waals surface area contributed by atoms with E-state index in [-0.39, 0.29) is 24.3 Å². The summed E-state index contributed by atoms with van der Waals surface area (Å²) in [6.45, 7) is 4.58. The molecule has 0 aromatic heterocycles. The van der Waals surface area contributed by atoms with Gasteiger partial charge in [0.2, 0.25) is 5.91 Å². The summed E-state index contributed by atoms with van der Waals surface area (Å²) in [5.74, 6) is -0.500.